The van der Waals surface area contributed by atoms with Gasteiger partial charge in [0.1, 0.15) is 17.4 Å². The Hall–Kier alpha value is -1.67. The Labute approximate surface area is 77.2 Å². The van der Waals surface area contributed by atoms with E-state index in [1.165, 1.54) is 12.1 Å². The van der Waals surface area contributed by atoms with Gasteiger partial charge in [-0.3, -0.25) is 0 Å². The number of benzene rings is 1. The third kappa shape index (κ3) is 1.12. The number of halogens is 1. The minimum absolute atomic E-state index is 0.275. The first kappa shape index (κ1) is 7.95. The van der Waals surface area contributed by atoms with Crippen molar-refractivity contribution in [2.75, 3.05) is 5.73 Å². The second-order valence-electron chi connectivity index (χ2n) is 2.44. The number of rotatable bonds is 0. The molecule has 3 nitrogen and oxygen atoms in total. The molecule has 64 valence electrons. The van der Waals surface area contributed by atoms with Crippen LogP contribution in [0.25, 0.3) is 10.2 Å². The zero-order valence-corrected chi connectivity index (χ0v) is 7.23. The summed E-state index contributed by atoms with van der Waals surface area (Å²) < 4.78 is 13.5. The van der Waals surface area contributed by atoms with Crippen LogP contribution in [-0.4, -0.2) is 4.98 Å². The summed E-state index contributed by atoms with van der Waals surface area (Å²) in [7, 11) is 0. The second kappa shape index (κ2) is 2.68. The van der Waals surface area contributed by atoms with E-state index in [2.05, 4.69) is 4.98 Å². The fraction of sp³-hybridized carbons (Fsp3) is 0. The largest absolute Gasteiger partial charge is 0.375 e. The van der Waals surface area contributed by atoms with E-state index in [1.54, 1.807) is 0 Å². The highest BCUT2D eigenvalue weighted by Crippen LogP contribution is 2.28. The van der Waals surface area contributed by atoms with Crippen molar-refractivity contribution in [3.8, 4) is 6.07 Å². The van der Waals surface area contributed by atoms with Gasteiger partial charge in [-0.15, -0.1) is 0 Å². The summed E-state index contributed by atoms with van der Waals surface area (Å²) in [6, 6.07) is 4.58. The van der Waals surface area contributed by atoms with Crippen molar-refractivity contribution in [1.29, 1.82) is 5.26 Å². The lowest BCUT2D eigenvalue weighted by molar-refractivity contribution is 0.641. The molecular formula is C8H4FN3S. The Morgan fingerprint density at radius 2 is 2.31 bits per heavy atom. The summed E-state index contributed by atoms with van der Waals surface area (Å²) in [6.45, 7) is 0. The SMILES string of the molecule is N#Cc1ccc(F)c2sc(N)nc12. The zero-order chi connectivity index (χ0) is 9.42. The van der Waals surface area contributed by atoms with Crippen molar-refractivity contribution < 1.29 is 4.39 Å². The molecule has 13 heavy (non-hydrogen) atoms. The van der Waals surface area contributed by atoms with Gasteiger partial charge in [-0.05, 0) is 12.1 Å². The van der Waals surface area contributed by atoms with Crippen molar-refractivity contribution >= 4 is 26.7 Å². The molecule has 2 aromatic rings. The van der Waals surface area contributed by atoms with Crippen LogP contribution in [0.3, 0.4) is 0 Å². The fourth-order valence-corrected chi connectivity index (χ4v) is 1.85. The predicted octanol–water partition coefficient (Wildman–Crippen LogP) is 1.89. The standard InChI is InChI=1S/C8H4FN3S/c9-5-2-1-4(3-10)6-7(5)13-8(11)12-6/h1-2H,(H2,11,12). The Morgan fingerprint density at radius 3 is 3.00 bits per heavy atom. The highest BCUT2D eigenvalue weighted by atomic mass is 32.1. The zero-order valence-electron chi connectivity index (χ0n) is 6.41. The van der Waals surface area contributed by atoms with Crippen LogP contribution in [0.1, 0.15) is 5.56 Å². The van der Waals surface area contributed by atoms with Gasteiger partial charge >= 0.3 is 0 Å². The van der Waals surface area contributed by atoms with E-state index in [9.17, 15) is 4.39 Å². The molecule has 1 aromatic heterocycles. The molecule has 0 fully saturated rings. The lowest BCUT2D eigenvalue weighted by Gasteiger charge is -1.91. The number of anilines is 1. The van der Waals surface area contributed by atoms with Gasteiger partial charge in [-0.1, -0.05) is 11.3 Å². The van der Waals surface area contributed by atoms with Crippen LogP contribution in [0.15, 0.2) is 12.1 Å². The molecule has 0 aliphatic heterocycles. The molecular weight excluding hydrogens is 189 g/mol. The normalized spacial score (nSPS) is 10.2. The van der Waals surface area contributed by atoms with Crippen molar-refractivity contribution in [2.24, 2.45) is 0 Å². The van der Waals surface area contributed by atoms with Gasteiger partial charge in [0.15, 0.2) is 5.13 Å². The van der Waals surface area contributed by atoms with Gasteiger partial charge in [-0.2, -0.15) is 5.26 Å². The first-order chi connectivity index (χ1) is 6.22. The van der Waals surface area contributed by atoms with Crippen LogP contribution in [0.5, 0.6) is 0 Å². The smallest absolute Gasteiger partial charge is 0.181 e. The van der Waals surface area contributed by atoms with Gasteiger partial charge in [0.2, 0.25) is 0 Å². The van der Waals surface area contributed by atoms with E-state index in [-0.39, 0.29) is 10.9 Å². The molecule has 0 bridgehead atoms. The molecule has 0 saturated carbocycles. The van der Waals surface area contributed by atoms with Gasteiger partial charge < -0.3 is 5.73 Å². The molecule has 0 amide bonds. The van der Waals surface area contributed by atoms with Gasteiger partial charge in [0.25, 0.3) is 0 Å². The number of nitrogens with two attached hydrogens (primary N) is 1. The summed E-state index contributed by atoms with van der Waals surface area (Å²) >= 11 is 1.05. The molecule has 0 aliphatic rings. The average molecular weight is 193 g/mol. The average Bonchev–Trinajstić information content (AvgIpc) is 2.48. The number of nitrogen functional groups attached to an aromatic ring is 1. The lowest BCUT2D eigenvalue weighted by Crippen LogP contribution is -1.83. The van der Waals surface area contributed by atoms with E-state index in [0.717, 1.165) is 11.3 Å². The van der Waals surface area contributed by atoms with Crippen LogP contribution in [0.4, 0.5) is 9.52 Å². The van der Waals surface area contributed by atoms with Crippen LogP contribution in [-0.2, 0) is 0 Å². The van der Waals surface area contributed by atoms with E-state index in [1.807, 2.05) is 6.07 Å². The maximum Gasteiger partial charge on any atom is 0.181 e. The van der Waals surface area contributed by atoms with Crippen LogP contribution < -0.4 is 5.73 Å². The van der Waals surface area contributed by atoms with Crippen molar-refractivity contribution in [3.63, 3.8) is 0 Å². The molecule has 1 heterocycles. The second-order valence-corrected chi connectivity index (χ2v) is 3.47. The molecule has 5 heteroatoms. The first-order valence-electron chi connectivity index (χ1n) is 3.47. The molecule has 1 aromatic carbocycles. The van der Waals surface area contributed by atoms with Crippen molar-refractivity contribution in [2.45, 2.75) is 0 Å². The van der Waals surface area contributed by atoms with Crippen molar-refractivity contribution in [3.05, 3.63) is 23.5 Å². The molecule has 0 spiro atoms. The van der Waals surface area contributed by atoms with Gasteiger partial charge in [0.05, 0.1) is 10.3 Å². The van der Waals surface area contributed by atoms with Crippen molar-refractivity contribution in [1.82, 2.24) is 4.98 Å². The Morgan fingerprint density at radius 1 is 1.54 bits per heavy atom. The lowest BCUT2D eigenvalue weighted by atomic mass is 10.2. The molecule has 2 rings (SSSR count). The van der Waals surface area contributed by atoms with Crippen LogP contribution in [0, 0.1) is 17.1 Å². The first-order valence-corrected chi connectivity index (χ1v) is 4.28. The number of hydrogen-bond donors (Lipinski definition) is 1. The third-order valence-corrected chi connectivity index (χ3v) is 2.53. The molecule has 2 N–H and O–H groups in total. The third-order valence-electron chi connectivity index (χ3n) is 1.63. The molecule has 0 radical (unpaired) electrons. The summed E-state index contributed by atoms with van der Waals surface area (Å²) in [5, 5.41) is 8.96. The topological polar surface area (TPSA) is 62.7 Å². The predicted molar refractivity (Wildman–Crippen MR) is 48.7 cm³/mol. The Kier molecular flexibility index (Phi) is 1.64. The number of aromatic nitrogens is 1. The van der Waals surface area contributed by atoms with E-state index in [0.29, 0.717) is 15.8 Å². The molecule has 0 aliphatic carbocycles. The number of nitrogens with zero attached hydrogens (tertiary/aromatic N) is 2. The minimum atomic E-state index is -0.386. The maximum atomic E-state index is 13.1. The van der Waals surface area contributed by atoms with E-state index < -0.39 is 0 Å². The van der Waals surface area contributed by atoms with Gasteiger partial charge in [0, 0.05) is 0 Å². The quantitative estimate of drug-likeness (QED) is 0.694. The number of fused-ring (bicyclic) bond motifs is 1. The summed E-state index contributed by atoms with van der Waals surface area (Å²) in [6.07, 6.45) is 0. The summed E-state index contributed by atoms with van der Waals surface area (Å²) in [5.41, 5.74) is 6.12. The number of nitriles is 1. The Bertz CT molecular complexity index is 512. The molecule has 0 unspecified atom stereocenters. The van der Waals surface area contributed by atoms with Crippen LogP contribution >= 0.6 is 11.3 Å². The highest BCUT2D eigenvalue weighted by molar-refractivity contribution is 7.22. The van der Waals surface area contributed by atoms with Gasteiger partial charge in [-0.25, -0.2) is 9.37 Å². The number of thiazole rings is 1. The summed E-state index contributed by atoms with van der Waals surface area (Å²) in [4.78, 5) is 3.88. The number of hydrogen-bond acceptors (Lipinski definition) is 4. The molecule has 0 saturated heterocycles. The molecule has 0 atom stereocenters. The maximum absolute atomic E-state index is 13.1. The highest BCUT2D eigenvalue weighted by Gasteiger charge is 2.10. The fourth-order valence-electron chi connectivity index (χ4n) is 1.08. The summed E-state index contributed by atoms with van der Waals surface area (Å²) in [5.74, 6) is -0.386. The van der Waals surface area contributed by atoms with Crippen LogP contribution in [0.2, 0.25) is 0 Å². The van der Waals surface area contributed by atoms with E-state index >= 15 is 0 Å². The monoisotopic (exact) mass is 193 g/mol. The minimum Gasteiger partial charge on any atom is -0.375 e. The van der Waals surface area contributed by atoms with E-state index in [4.69, 9.17) is 11.0 Å². The Balaban J connectivity index is 2.94.